The van der Waals surface area contributed by atoms with E-state index >= 15 is 0 Å². The molecule has 13 aromatic rings. The Hall–Kier alpha value is -7.04. The van der Waals surface area contributed by atoms with E-state index in [2.05, 4.69) is 149 Å². The molecule has 13 aromatic carbocycles. The molecule has 0 heterocycles. The highest BCUT2D eigenvalue weighted by molar-refractivity contribution is 6.60. The van der Waals surface area contributed by atoms with E-state index in [0.717, 1.165) is 75.1 Å². The molecule has 0 aromatic heterocycles. The van der Waals surface area contributed by atoms with E-state index in [1.54, 1.807) is 0 Å². The van der Waals surface area contributed by atoms with E-state index in [1.807, 2.05) is 0 Å². The molecule has 0 bridgehead atoms. The maximum Gasteiger partial charge on any atom is 0.119 e. The van der Waals surface area contributed by atoms with Crippen LogP contribution in [0.3, 0.4) is 0 Å². The standard InChI is InChI=1S/C96H120O4/c1-5-9-13-17-21-25-29-33-37-45-61-97-69-53-57-77-81(65-69)87-73-49-41-42-50-74(73)88-83-67-71(99-63-47-39-35-31-27-23-19-15-11-7-3)55-59-79(83)86-80-60-56-72(100-64-48-40-36-32-28-24-20-16-12-8-4)68-84(80)90-76-52-44-43-51-75(76)89-82-66-70(98-62-46-38-34-30-26-22-18-14-10-6-2)54-58-78(82)85(77)91-93(87)94(88)92(86)96(90)95(89)91/h41-44,49-60,65-68H,5-40,45-48,61-64H2,1-4H3. The van der Waals surface area contributed by atoms with Gasteiger partial charge in [-0.1, -0.05) is 332 Å². The predicted octanol–water partition coefficient (Wildman–Crippen LogP) is 31.0. The van der Waals surface area contributed by atoms with Crippen LogP contribution in [0, 0.1) is 0 Å². The number of hydrogen-bond donors (Lipinski definition) is 0. The smallest absolute Gasteiger partial charge is 0.119 e. The van der Waals surface area contributed by atoms with Crippen molar-refractivity contribution in [1.29, 1.82) is 0 Å². The summed E-state index contributed by atoms with van der Waals surface area (Å²) in [6.45, 7) is 12.1. The second-order valence-electron chi connectivity index (χ2n) is 30.5. The van der Waals surface area contributed by atoms with Gasteiger partial charge in [0.15, 0.2) is 0 Å². The number of benzene rings is 13. The van der Waals surface area contributed by atoms with Crippen LogP contribution in [0.1, 0.15) is 285 Å². The summed E-state index contributed by atoms with van der Waals surface area (Å²) in [5.74, 6) is 3.82. The van der Waals surface area contributed by atoms with Gasteiger partial charge in [0.2, 0.25) is 0 Å². The van der Waals surface area contributed by atoms with Gasteiger partial charge in [0, 0.05) is 0 Å². The molecular weight excluding hydrogens is 1220 g/mol. The van der Waals surface area contributed by atoms with Crippen molar-refractivity contribution in [2.75, 3.05) is 26.4 Å². The molecule has 4 heteroatoms. The summed E-state index contributed by atoms with van der Waals surface area (Å²) in [6, 6.07) is 47.4. The van der Waals surface area contributed by atoms with E-state index in [1.165, 1.54) is 360 Å². The summed E-state index contributed by atoms with van der Waals surface area (Å²) >= 11 is 0. The zero-order chi connectivity index (χ0) is 68.2. The maximum atomic E-state index is 6.94. The van der Waals surface area contributed by atoms with Gasteiger partial charge in [-0.15, -0.1) is 0 Å². The first-order valence-corrected chi connectivity index (χ1v) is 41.4. The van der Waals surface area contributed by atoms with Crippen LogP contribution in [0.2, 0.25) is 0 Å². The molecule has 0 saturated heterocycles. The van der Waals surface area contributed by atoms with Gasteiger partial charge in [0.1, 0.15) is 23.0 Å². The Balaban J connectivity index is 0.971. The van der Waals surface area contributed by atoms with Crippen LogP contribution in [0.25, 0.3) is 129 Å². The largest absolute Gasteiger partial charge is 0.494 e. The summed E-state index contributed by atoms with van der Waals surface area (Å²) < 4.78 is 27.8. The number of ether oxygens (including phenoxy) is 4. The number of rotatable bonds is 48. The first kappa shape index (κ1) is 71.4. The zero-order valence-corrected chi connectivity index (χ0v) is 62.3. The third-order valence-electron chi connectivity index (χ3n) is 23.1. The number of unbranched alkanes of at least 4 members (excludes halogenated alkanes) is 36. The lowest BCUT2D eigenvalue weighted by Gasteiger charge is -2.28. The number of hydrogen-bond acceptors (Lipinski definition) is 4. The van der Waals surface area contributed by atoms with Crippen LogP contribution < -0.4 is 18.9 Å². The third kappa shape index (κ3) is 15.9. The molecule has 0 amide bonds. The van der Waals surface area contributed by atoms with Crippen molar-refractivity contribution in [3.05, 3.63) is 121 Å². The molecule has 0 unspecified atom stereocenters. The molecule has 0 aliphatic heterocycles. The van der Waals surface area contributed by atoms with E-state index < -0.39 is 0 Å². The molecule has 0 N–H and O–H groups in total. The van der Waals surface area contributed by atoms with Crippen LogP contribution in [0.5, 0.6) is 23.0 Å². The molecule has 100 heavy (non-hydrogen) atoms. The summed E-state index contributed by atoms with van der Waals surface area (Å²) in [5, 5.41) is 31.4. The average molecular weight is 1340 g/mol. The predicted molar refractivity (Wildman–Crippen MR) is 439 cm³/mol. The molecule has 13 rings (SSSR count). The van der Waals surface area contributed by atoms with Gasteiger partial charge in [0.05, 0.1) is 26.4 Å². The summed E-state index contributed by atoms with van der Waals surface area (Å²) in [4.78, 5) is 0. The van der Waals surface area contributed by atoms with Gasteiger partial charge in [-0.05, 0) is 203 Å². The Bertz CT molecular complexity index is 4120. The second-order valence-corrected chi connectivity index (χ2v) is 30.5. The van der Waals surface area contributed by atoms with Gasteiger partial charge in [-0.2, -0.15) is 0 Å². The molecule has 0 spiro atoms. The lowest BCUT2D eigenvalue weighted by molar-refractivity contribution is 0.304. The fourth-order valence-electron chi connectivity index (χ4n) is 17.8. The molecule has 0 aliphatic rings. The minimum atomic E-state index is 0.723. The minimum Gasteiger partial charge on any atom is -0.494 e. The van der Waals surface area contributed by atoms with Crippen molar-refractivity contribution in [2.45, 2.75) is 285 Å². The highest BCUT2D eigenvalue weighted by Gasteiger charge is 2.31. The summed E-state index contributed by atoms with van der Waals surface area (Å²) in [5.41, 5.74) is 0. The SMILES string of the molecule is CCCCCCCCCCCCOc1ccc2c(c1)c1c3ccccc3c3c4cc(OCCCCCCCCCCCC)ccc4c4c5ccc(OCCCCCCCCCCCC)cc5c5c6ccccc6c6c7cc(OCCCCCCCCCCCC)ccc7c2c2c1c3c4c5c62. The molecule has 528 valence electrons. The van der Waals surface area contributed by atoms with Gasteiger partial charge in [-0.3, -0.25) is 0 Å². The lowest BCUT2D eigenvalue weighted by Crippen LogP contribution is -2.01. The van der Waals surface area contributed by atoms with Crippen molar-refractivity contribution >= 4 is 129 Å². The van der Waals surface area contributed by atoms with Crippen molar-refractivity contribution in [1.82, 2.24) is 0 Å². The first-order chi connectivity index (χ1) is 49.6. The average Bonchev–Trinajstić information content (AvgIpc) is 0.649. The van der Waals surface area contributed by atoms with Crippen molar-refractivity contribution in [3.8, 4) is 23.0 Å². The van der Waals surface area contributed by atoms with Crippen molar-refractivity contribution in [3.63, 3.8) is 0 Å². The molecular formula is C96H120O4. The Labute approximate surface area is 600 Å². The quantitative estimate of drug-likeness (QED) is 0.0216. The fourth-order valence-corrected chi connectivity index (χ4v) is 17.8. The van der Waals surface area contributed by atoms with Crippen LogP contribution in [0.15, 0.2) is 121 Å². The van der Waals surface area contributed by atoms with Crippen molar-refractivity contribution < 1.29 is 18.9 Å². The Morgan fingerprint density at radius 3 is 0.510 bits per heavy atom. The maximum absolute atomic E-state index is 6.94. The van der Waals surface area contributed by atoms with Crippen molar-refractivity contribution in [2.24, 2.45) is 0 Å². The highest BCUT2D eigenvalue weighted by atomic mass is 16.5. The zero-order valence-electron chi connectivity index (χ0n) is 62.3. The van der Waals surface area contributed by atoms with Crippen LogP contribution in [0.4, 0.5) is 0 Å². The first-order valence-electron chi connectivity index (χ1n) is 41.4. The van der Waals surface area contributed by atoms with Gasteiger partial charge < -0.3 is 18.9 Å². The molecule has 0 aliphatic carbocycles. The normalized spacial score (nSPS) is 12.4. The molecule has 0 fully saturated rings. The van der Waals surface area contributed by atoms with E-state index in [4.69, 9.17) is 18.9 Å². The summed E-state index contributed by atoms with van der Waals surface area (Å²) in [7, 11) is 0. The Morgan fingerprint density at radius 1 is 0.160 bits per heavy atom. The lowest BCUT2D eigenvalue weighted by atomic mass is 9.74. The van der Waals surface area contributed by atoms with E-state index in [0.29, 0.717) is 0 Å². The number of fused-ring (bicyclic) bond motifs is 18. The van der Waals surface area contributed by atoms with E-state index in [9.17, 15) is 0 Å². The molecule has 4 nitrogen and oxygen atoms in total. The topological polar surface area (TPSA) is 36.9 Å². The summed E-state index contributed by atoms with van der Waals surface area (Å²) in [6.07, 6.45) is 52.2. The third-order valence-corrected chi connectivity index (χ3v) is 23.1. The Kier molecular flexibility index (Phi) is 25.8. The van der Waals surface area contributed by atoms with E-state index in [-0.39, 0.29) is 0 Å². The molecule has 0 saturated carbocycles. The van der Waals surface area contributed by atoms with Crippen LogP contribution in [-0.2, 0) is 0 Å². The molecule has 0 atom stereocenters. The fraction of sp³-hybridized carbons (Fsp3) is 0.500. The minimum absolute atomic E-state index is 0.723. The second kappa shape index (κ2) is 36.2. The van der Waals surface area contributed by atoms with Gasteiger partial charge >= 0.3 is 0 Å². The highest BCUT2D eigenvalue weighted by Crippen LogP contribution is 2.60. The van der Waals surface area contributed by atoms with Crippen LogP contribution in [-0.4, -0.2) is 26.4 Å². The monoisotopic (exact) mass is 1340 g/mol. The van der Waals surface area contributed by atoms with Crippen LogP contribution >= 0.6 is 0 Å². The van der Waals surface area contributed by atoms with Gasteiger partial charge in [-0.25, -0.2) is 0 Å². The van der Waals surface area contributed by atoms with Gasteiger partial charge in [0.25, 0.3) is 0 Å². The Morgan fingerprint density at radius 2 is 0.320 bits per heavy atom. The molecule has 0 radical (unpaired) electrons.